The number of benzene rings is 1. The number of phenols is 1. The molecule has 132 valence electrons. The SMILES string of the molecule is O=C(NC1CCN(CC2CCCCC2)CC1)c1cc(Cl)ccc1O. The van der Waals surface area contributed by atoms with Gasteiger partial charge in [-0.3, -0.25) is 4.79 Å². The van der Waals surface area contributed by atoms with Crippen molar-refractivity contribution in [1.82, 2.24) is 10.2 Å². The number of halogens is 1. The number of amides is 1. The first kappa shape index (κ1) is 17.6. The Balaban J connectivity index is 1.46. The van der Waals surface area contributed by atoms with Gasteiger partial charge in [0.25, 0.3) is 5.91 Å². The third-order valence-corrected chi connectivity index (χ3v) is 5.60. The molecule has 3 rings (SSSR count). The summed E-state index contributed by atoms with van der Waals surface area (Å²) in [5.41, 5.74) is 0.257. The van der Waals surface area contributed by atoms with Crippen LogP contribution in [-0.2, 0) is 0 Å². The van der Waals surface area contributed by atoms with Crippen LogP contribution in [0, 0.1) is 5.92 Å². The molecule has 2 N–H and O–H groups in total. The first-order chi connectivity index (χ1) is 11.6. The number of carbonyl (C=O) groups is 1. The predicted octanol–water partition coefficient (Wildman–Crippen LogP) is 3.82. The topological polar surface area (TPSA) is 52.6 Å². The van der Waals surface area contributed by atoms with Gasteiger partial charge in [0, 0.05) is 30.7 Å². The maximum atomic E-state index is 12.3. The van der Waals surface area contributed by atoms with Gasteiger partial charge in [-0.25, -0.2) is 0 Å². The molecular formula is C19H27ClN2O2. The van der Waals surface area contributed by atoms with Crippen molar-refractivity contribution in [3.63, 3.8) is 0 Å². The van der Waals surface area contributed by atoms with E-state index in [0.717, 1.165) is 31.8 Å². The lowest BCUT2D eigenvalue weighted by Gasteiger charge is -2.35. The first-order valence-electron chi connectivity index (χ1n) is 9.13. The monoisotopic (exact) mass is 350 g/mol. The second-order valence-corrected chi connectivity index (χ2v) is 7.65. The molecule has 1 aromatic rings. The van der Waals surface area contributed by atoms with E-state index in [0.29, 0.717) is 5.02 Å². The van der Waals surface area contributed by atoms with Gasteiger partial charge >= 0.3 is 0 Å². The second kappa shape index (κ2) is 8.21. The molecular weight excluding hydrogens is 324 g/mol. The number of nitrogens with one attached hydrogen (secondary N) is 1. The lowest BCUT2D eigenvalue weighted by Crippen LogP contribution is -2.46. The van der Waals surface area contributed by atoms with E-state index in [-0.39, 0.29) is 23.3 Å². The molecule has 1 aliphatic heterocycles. The zero-order valence-corrected chi connectivity index (χ0v) is 14.9. The number of hydrogen-bond acceptors (Lipinski definition) is 3. The fourth-order valence-electron chi connectivity index (χ4n) is 3.95. The summed E-state index contributed by atoms with van der Waals surface area (Å²) in [5.74, 6) is 0.612. The average Bonchev–Trinajstić information content (AvgIpc) is 2.59. The number of carbonyl (C=O) groups excluding carboxylic acids is 1. The number of piperidine rings is 1. The third-order valence-electron chi connectivity index (χ3n) is 5.37. The molecule has 1 aliphatic carbocycles. The molecule has 1 saturated heterocycles. The Labute approximate surface area is 149 Å². The summed E-state index contributed by atoms with van der Waals surface area (Å²) >= 11 is 5.92. The van der Waals surface area contributed by atoms with E-state index < -0.39 is 0 Å². The van der Waals surface area contributed by atoms with Gasteiger partial charge < -0.3 is 15.3 Å². The van der Waals surface area contributed by atoms with Crippen molar-refractivity contribution < 1.29 is 9.90 Å². The molecule has 5 heteroatoms. The minimum absolute atomic E-state index is 0.0216. The summed E-state index contributed by atoms with van der Waals surface area (Å²) in [6.07, 6.45) is 8.89. The third kappa shape index (κ3) is 4.64. The molecule has 0 atom stereocenters. The van der Waals surface area contributed by atoms with Crippen LogP contribution in [0.15, 0.2) is 18.2 Å². The van der Waals surface area contributed by atoms with Crippen LogP contribution in [-0.4, -0.2) is 41.6 Å². The number of nitrogens with zero attached hydrogens (tertiary/aromatic N) is 1. The number of aromatic hydroxyl groups is 1. The zero-order chi connectivity index (χ0) is 16.9. The number of rotatable bonds is 4. The molecule has 1 amide bonds. The minimum atomic E-state index is -0.235. The van der Waals surface area contributed by atoms with E-state index in [2.05, 4.69) is 10.2 Å². The van der Waals surface area contributed by atoms with E-state index in [1.165, 1.54) is 50.8 Å². The molecule has 0 unspecified atom stereocenters. The lowest BCUT2D eigenvalue weighted by atomic mass is 9.88. The molecule has 1 heterocycles. The molecule has 24 heavy (non-hydrogen) atoms. The standard InChI is InChI=1S/C19H27ClN2O2/c20-15-6-7-18(23)17(12-15)19(24)21-16-8-10-22(11-9-16)13-14-4-2-1-3-5-14/h6-7,12,14,16,23H,1-5,8-11,13H2,(H,21,24). The van der Waals surface area contributed by atoms with Crippen LogP contribution in [0.1, 0.15) is 55.3 Å². The van der Waals surface area contributed by atoms with Crippen molar-refractivity contribution in [3.8, 4) is 5.75 Å². The van der Waals surface area contributed by atoms with Crippen LogP contribution >= 0.6 is 11.6 Å². The van der Waals surface area contributed by atoms with Crippen molar-refractivity contribution in [2.45, 2.75) is 51.0 Å². The highest BCUT2D eigenvalue weighted by Gasteiger charge is 2.24. The Bertz CT molecular complexity index is 564. The fraction of sp³-hybridized carbons (Fsp3) is 0.632. The highest BCUT2D eigenvalue weighted by molar-refractivity contribution is 6.31. The number of likely N-dealkylation sites (tertiary alicyclic amines) is 1. The van der Waals surface area contributed by atoms with Crippen LogP contribution in [0.4, 0.5) is 0 Å². The molecule has 2 fully saturated rings. The van der Waals surface area contributed by atoms with Crippen LogP contribution < -0.4 is 5.32 Å². The molecule has 0 bridgehead atoms. The summed E-state index contributed by atoms with van der Waals surface area (Å²) in [7, 11) is 0. The van der Waals surface area contributed by atoms with E-state index in [1.54, 1.807) is 6.07 Å². The van der Waals surface area contributed by atoms with E-state index in [1.807, 2.05) is 0 Å². The molecule has 4 nitrogen and oxygen atoms in total. The van der Waals surface area contributed by atoms with Gasteiger partial charge in [-0.2, -0.15) is 0 Å². The Hall–Kier alpha value is -1.26. The van der Waals surface area contributed by atoms with Crippen molar-refractivity contribution >= 4 is 17.5 Å². The predicted molar refractivity (Wildman–Crippen MR) is 96.6 cm³/mol. The minimum Gasteiger partial charge on any atom is -0.507 e. The van der Waals surface area contributed by atoms with Gasteiger partial charge in [-0.05, 0) is 49.8 Å². The second-order valence-electron chi connectivity index (χ2n) is 7.21. The Morgan fingerprint density at radius 3 is 2.58 bits per heavy atom. The highest BCUT2D eigenvalue weighted by Crippen LogP contribution is 2.26. The summed E-state index contributed by atoms with van der Waals surface area (Å²) in [6, 6.07) is 4.74. The van der Waals surface area contributed by atoms with Gasteiger partial charge in [-0.15, -0.1) is 0 Å². The molecule has 2 aliphatic rings. The summed E-state index contributed by atoms with van der Waals surface area (Å²) in [5, 5.41) is 13.3. The fourth-order valence-corrected chi connectivity index (χ4v) is 4.12. The van der Waals surface area contributed by atoms with E-state index >= 15 is 0 Å². The molecule has 0 radical (unpaired) electrons. The van der Waals surface area contributed by atoms with Crippen molar-refractivity contribution in [2.75, 3.05) is 19.6 Å². The molecule has 0 spiro atoms. The van der Waals surface area contributed by atoms with Crippen LogP contribution in [0.2, 0.25) is 5.02 Å². The number of phenolic OH excluding ortho intramolecular Hbond substituents is 1. The maximum Gasteiger partial charge on any atom is 0.255 e. The zero-order valence-electron chi connectivity index (χ0n) is 14.1. The Morgan fingerprint density at radius 2 is 1.88 bits per heavy atom. The Kier molecular flexibility index (Phi) is 6.01. The van der Waals surface area contributed by atoms with Crippen molar-refractivity contribution in [2.24, 2.45) is 5.92 Å². The van der Waals surface area contributed by atoms with Gasteiger partial charge in [-0.1, -0.05) is 30.9 Å². The van der Waals surface area contributed by atoms with E-state index in [4.69, 9.17) is 11.6 Å². The largest absolute Gasteiger partial charge is 0.507 e. The van der Waals surface area contributed by atoms with Crippen LogP contribution in [0.25, 0.3) is 0 Å². The van der Waals surface area contributed by atoms with Crippen LogP contribution in [0.3, 0.4) is 0 Å². The van der Waals surface area contributed by atoms with Crippen molar-refractivity contribution in [1.29, 1.82) is 0 Å². The van der Waals surface area contributed by atoms with Crippen molar-refractivity contribution in [3.05, 3.63) is 28.8 Å². The number of hydrogen-bond donors (Lipinski definition) is 2. The summed E-state index contributed by atoms with van der Waals surface area (Å²) < 4.78 is 0. The quantitative estimate of drug-likeness (QED) is 0.867. The first-order valence-corrected chi connectivity index (χ1v) is 9.51. The lowest BCUT2D eigenvalue weighted by molar-refractivity contribution is 0.0899. The van der Waals surface area contributed by atoms with Gasteiger partial charge in [0.2, 0.25) is 0 Å². The summed E-state index contributed by atoms with van der Waals surface area (Å²) in [4.78, 5) is 14.9. The smallest absolute Gasteiger partial charge is 0.255 e. The van der Waals surface area contributed by atoms with E-state index in [9.17, 15) is 9.90 Å². The normalized spacial score (nSPS) is 20.9. The van der Waals surface area contributed by atoms with Crippen LogP contribution in [0.5, 0.6) is 5.75 Å². The molecule has 1 saturated carbocycles. The molecule has 1 aromatic carbocycles. The maximum absolute atomic E-state index is 12.3. The summed E-state index contributed by atoms with van der Waals surface area (Å²) in [6.45, 7) is 3.31. The Morgan fingerprint density at radius 1 is 1.17 bits per heavy atom. The average molecular weight is 351 g/mol. The molecule has 0 aromatic heterocycles. The van der Waals surface area contributed by atoms with Gasteiger partial charge in [0.15, 0.2) is 0 Å². The highest BCUT2D eigenvalue weighted by atomic mass is 35.5. The van der Waals surface area contributed by atoms with Gasteiger partial charge in [0.1, 0.15) is 5.75 Å². The van der Waals surface area contributed by atoms with Gasteiger partial charge in [0.05, 0.1) is 5.56 Å².